The van der Waals surface area contributed by atoms with Gasteiger partial charge in [0, 0.05) is 39.3 Å². The molecule has 31 heavy (non-hydrogen) atoms. The first-order chi connectivity index (χ1) is 14.6. The summed E-state index contributed by atoms with van der Waals surface area (Å²) in [6.45, 7) is 11.2. The van der Waals surface area contributed by atoms with Crippen LogP contribution in [0.15, 0.2) is 35.3 Å². The normalized spacial score (nSPS) is 16.9. The SMILES string of the molecule is CCNC(=NCC(C)(O)CN1CCOCC1)NCCCCOCCc1ccccc1.I. The number of morpholine rings is 1. The van der Waals surface area contributed by atoms with E-state index in [0.717, 1.165) is 77.8 Å². The quantitative estimate of drug-likeness (QED) is 0.152. The lowest BCUT2D eigenvalue weighted by Gasteiger charge is -2.33. The van der Waals surface area contributed by atoms with Gasteiger partial charge < -0.3 is 25.2 Å². The lowest BCUT2D eigenvalue weighted by molar-refractivity contribution is -0.0179. The minimum atomic E-state index is -0.855. The largest absolute Gasteiger partial charge is 0.387 e. The Hall–Kier alpha value is -0.940. The van der Waals surface area contributed by atoms with Crippen LogP contribution in [0.5, 0.6) is 0 Å². The summed E-state index contributed by atoms with van der Waals surface area (Å²) in [5.74, 6) is 0.754. The molecule has 0 amide bonds. The van der Waals surface area contributed by atoms with Crippen molar-refractivity contribution in [2.24, 2.45) is 4.99 Å². The van der Waals surface area contributed by atoms with Gasteiger partial charge in [-0.2, -0.15) is 0 Å². The number of hydrogen-bond acceptors (Lipinski definition) is 5. The zero-order valence-electron chi connectivity index (χ0n) is 19.1. The van der Waals surface area contributed by atoms with E-state index in [0.29, 0.717) is 13.1 Å². The third-order valence-corrected chi connectivity index (χ3v) is 4.98. The first kappa shape index (κ1) is 28.1. The number of guanidine groups is 1. The molecule has 1 unspecified atom stereocenters. The van der Waals surface area contributed by atoms with Crippen LogP contribution in [0.4, 0.5) is 0 Å². The molecule has 0 saturated carbocycles. The van der Waals surface area contributed by atoms with E-state index in [1.165, 1.54) is 5.56 Å². The molecule has 1 aromatic carbocycles. The average molecular weight is 549 g/mol. The number of hydrogen-bond donors (Lipinski definition) is 3. The lowest BCUT2D eigenvalue weighted by Crippen LogP contribution is -2.48. The smallest absolute Gasteiger partial charge is 0.191 e. The molecule has 3 N–H and O–H groups in total. The molecule has 1 atom stereocenters. The van der Waals surface area contributed by atoms with E-state index >= 15 is 0 Å². The fourth-order valence-electron chi connectivity index (χ4n) is 3.35. The molecule has 0 radical (unpaired) electrons. The summed E-state index contributed by atoms with van der Waals surface area (Å²) in [7, 11) is 0. The van der Waals surface area contributed by atoms with Gasteiger partial charge in [0.15, 0.2) is 5.96 Å². The number of ether oxygens (including phenoxy) is 2. The van der Waals surface area contributed by atoms with Gasteiger partial charge in [0.1, 0.15) is 0 Å². The molecular weight excluding hydrogens is 507 g/mol. The maximum atomic E-state index is 10.7. The van der Waals surface area contributed by atoms with Crippen LogP contribution in [0, 0.1) is 0 Å². The molecule has 1 aromatic rings. The zero-order valence-corrected chi connectivity index (χ0v) is 21.5. The van der Waals surface area contributed by atoms with Gasteiger partial charge in [0.2, 0.25) is 0 Å². The van der Waals surface area contributed by atoms with Crippen molar-refractivity contribution in [1.82, 2.24) is 15.5 Å². The number of rotatable bonds is 13. The first-order valence-electron chi connectivity index (χ1n) is 11.3. The van der Waals surface area contributed by atoms with E-state index in [2.05, 4.69) is 44.8 Å². The number of benzene rings is 1. The number of unbranched alkanes of at least 4 members (excludes halogenated alkanes) is 1. The number of nitrogens with zero attached hydrogens (tertiary/aromatic N) is 2. The van der Waals surface area contributed by atoms with Crippen LogP contribution in [0.1, 0.15) is 32.3 Å². The van der Waals surface area contributed by atoms with Gasteiger partial charge in [0.05, 0.1) is 32.0 Å². The van der Waals surface area contributed by atoms with E-state index < -0.39 is 5.60 Å². The second-order valence-electron chi connectivity index (χ2n) is 8.06. The summed E-state index contributed by atoms with van der Waals surface area (Å²) in [6.07, 6.45) is 2.98. The van der Waals surface area contributed by atoms with Crippen LogP contribution >= 0.6 is 24.0 Å². The molecule has 1 saturated heterocycles. The van der Waals surface area contributed by atoms with Crippen LogP contribution < -0.4 is 10.6 Å². The van der Waals surface area contributed by atoms with Crippen molar-refractivity contribution in [2.75, 3.05) is 65.7 Å². The molecule has 0 aliphatic carbocycles. The first-order valence-corrected chi connectivity index (χ1v) is 11.3. The number of halogens is 1. The van der Waals surface area contributed by atoms with Crippen molar-refractivity contribution >= 4 is 29.9 Å². The predicted molar refractivity (Wildman–Crippen MR) is 137 cm³/mol. The summed E-state index contributed by atoms with van der Waals surface area (Å²) < 4.78 is 11.1. The highest BCUT2D eigenvalue weighted by Crippen LogP contribution is 2.09. The third-order valence-electron chi connectivity index (χ3n) is 4.98. The Labute approximate surface area is 205 Å². The second kappa shape index (κ2) is 16.7. The van der Waals surface area contributed by atoms with Crippen molar-refractivity contribution in [1.29, 1.82) is 0 Å². The van der Waals surface area contributed by atoms with Crippen molar-refractivity contribution < 1.29 is 14.6 Å². The number of aliphatic hydroxyl groups is 1. The van der Waals surface area contributed by atoms with E-state index in [9.17, 15) is 5.11 Å². The maximum absolute atomic E-state index is 10.7. The van der Waals surface area contributed by atoms with Crippen LogP contribution in [0.25, 0.3) is 0 Å². The molecule has 178 valence electrons. The Morgan fingerprint density at radius 2 is 1.90 bits per heavy atom. The lowest BCUT2D eigenvalue weighted by atomic mass is 10.1. The molecular formula is C23H41IN4O3. The number of nitrogens with one attached hydrogen (secondary N) is 2. The van der Waals surface area contributed by atoms with Crippen molar-refractivity contribution in [2.45, 2.75) is 38.7 Å². The topological polar surface area (TPSA) is 78.4 Å². The summed E-state index contributed by atoms with van der Waals surface area (Å²) in [6, 6.07) is 10.4. The molecule has 0 aromatic heterocycles. The van der Waals surface area contributed by atoms with E-state index in [1.807, 2.05) is 19.9 Å². The van der Waals surface area contributed by atoms with E-state index in [4.69, 9.17) is 9.47 Å². The second-order valence-corrected chi connectivity index (χ2v) is 8.06. The number of aliphatic imine (C=N–C) groups is 1. The summed E-state index contributed by atoms with van der Waals surface area (Å²) in [4.78, 5) is 6.82. The minimum absolute atomic E-state index is 0. The molecule has 1 aliphatic heterocycles. The fourth-order valence-corrected chi connectivity index (χ4v) is 3.35. The van der Waals surface area contributed by atoms with E-state index in [-0.39, 0.29) is 24.0 Å². The van der Waals surface area contributed by atoms with E-state index in [1.54, 1.807) is 0 Å². The highest BCUT2D eigenvalue weighted by molar-refractivity contribution is 14.0. The standard InChI is InChI=1S/C23H40N4O3.HI/c1-3-24-22(26-19-23(2,28)20-27-13-17-30-18-14-27)25-12-7-8-15-29-16-11-21-9-5-4-6-10-21;/h4-6,9-10,28H,3,7-8,11-20H2,1-2H3,(H2,24,25,26);1H. The molecule has 1 aliphatic rings. The van der Waals surface area contributed by atoms with Gasteiger partial charge >= 0.3 is 0 Å². The van der Waals surface area contributed by atoms with Crippen molar-refractivity contribution in [3.8, 4) is 0 Å². The monoisotopic (exact) mass is 548 g/mol. The average Bonchev–Trinajstić information content (AvgIpc) is 2.75. The van der Waals surface area contributed by atoms with Crippen LogP contribution in [0.3, 0.4) is 0 Å². The summed E-state index contributed by atoms with van der Waals surface area (Å²) in [5, 5.41) is 17.3. The van der Waals surface area contributed by atoms with Gasteiger partial charge in [-0.3, -0.25) is 9.89 Å². The Morgan fingerprint density at radius 3 is 2.61 bits per heavy atom. The number of β-amino-alcohol motifs (C(OH)–C–C–N with tert-alkyl or cyclic N) is 1. The zero-order chi connectivity index (χ0) is 21.5. The molecule has 2 rings (SSSR count). The van der Waals surface area contributed by atoms with Crippen molar-refractivity contribution in [3.63, 3.8) is 0 Å². The Kier molecular flexibility index (Phi) is 15.1. The molecule has 1 fully saturated rings. The highest BCUT2D eigenvalue weighted by Gasteiger charge is 2.25. The summed E-state index contributed by atoms with van der Waals surface area (Å²) in [5.41, 5.74) is 0.460. The Morgan fingerprint density at radius 1 is 1.16 bits per heavy atom. The molecule has 7 nitrogen and oxygen atoms in total. The van der Waals surface area contributed by atoms with Crippen LogP contribution in [-0.2, 0) is 15.9 Å². The molecule has 0 bridgehead atoms. The van der Waals surface area contributed by atoms with Gasteiger partial charge in [-0.25, -0.2) is 0 Å². The maximum Gasteiger partial charge on any atom is 0.191 e. The van der Waals surface area contributed by atoms with Gasteiger partial charge in [0.25, 0.3) is 0 Å². The van der Waals surface area contributed by atoms with Crippen molar-refractivity contribution in [3.05, 3.63) is 35.9 Å². The fraction of sp³-hybridized carbons (Fsp3) is 0.696. The van der Waals surface area contributed by atoms with Gasteiger partial charge in [-0.1, -0.05) is 30.3 Å². The van der Waals surface area contributed by atoms with Crippen LogP contribution in [0.2, 0.25) is 0 Å². The summed E-state index contributed by atoms with van der Waals surface area (Å²) >= 11 is 0. The highest BCUT2D eigenvalue weighted by atomic mass is 127. The predicted octanol–water partition coefficient (Wildman–Crippen LogP) is 2.28. The molecule has 8 heteroatoms. The third kappa shape index (κ3) is 13.3. The Balaban J connectivity index is 0.00000480. The Bertz CT molecular complexity index is 596. The molecule has 0 spiro atoms. The van der Waals surface area contributed by atoms with Gasteiger partial charge in [-0.05, 0) is 38.7 Å². The molecule has 1 heterocycles. The minimum Gasteiger partial charge on any atom is -0.387 e. The van der Waals surface area contributed by atoms with Crippen LogP contribution in [-0.4, -0.2) is 87.3 Å². The van der Waals surface area contributed by atoms with Gasteiger partial charge in [-0.15, -0.1) is 24.0 Å².